The van der Waals surface area contributed by atoms with E-state index in [1.807, 2.05) is 56.4 Å². The quantitative estimate of drug-likeness (QED) is 0.516. The molecule has 25 heavy (non-hydrogen) atoms. The van der Waals surface area contributed by atoms with Gasteiger partial charge in [0.2, 0.25) is 0 Å². The summed E-state index contributed by atoms with van der Waals surface area (Å²) >= 11 is 0. The number of rotatable bonds is 8. The van der Waals surface area contributed by atoms with Crippen LogP contribution in [0.25, 0.3) is 12.2 Å². The molecule has 0 spiro atoms. The Bertz CT molecular complexity index is 835. The van der Waals surface area contributed by atoms with Gasteiger partial charge in [0.25, 0.3) is 0 Å². The van der Waals surface area contributed by atoms with Gasteiger partial charge in [-0.1, -0.05) is 62.3 Å². The SMILES string of the molecule is C=C/C=c1/ccc(CO/C(C)=C/C(C=C)=C(C)/C=C\C)n/c1=C/C=C. The monoisotopic (exact) mass is 333 g/mol. The van der Waals surface area contributed by atoms with Crippen molar-refractivity contribution < 1.29 is 4.74 Å². The van der Waals surface area contributed by atoms with Gasteiger partial charge in [-0.05, 0) is 50.1 Å². The Morgan fingerprint density at radius 3 is 2.44 bits per heavy atom. The molecule has 0 N–H and O–H groups in total. The average molecular weight is 333 g/mol. The van der Waals surface area contributed by atoms with E-state index in [4.69, 9.17) is 4.74 Å². The van der Waals surface area contributed by atoms with E-state index in [0.717, 1.165) is 33.2 Å². The Morgan fingerprint density at radius 1 is 1.12 bits per heavy atom. The summed E-state index contributed by atoms with van der Waals surface area (Å²) in [6.45, 7) is 17.7. The van der Waals surface area contributed by atoms with E-state index in [0.29, 0.717) is 6.61 Å². The molecule has 1 aromatic heterocycles. The van der Waals surface area contributed by atoms with Gasteiger partial charge in [-0.15, -0.1) is 0 Å². The van der Waals surface area contributed by atoms with Crippen LogP contribution in [-0.4, -0.2) is 4.98 Å². The number of allylic oxidation sites excluding steroid dienone is 9. The van der Waals surface area contributed by atoms with Crippen molar-refractivity contribution in [3.8, 4) is 0 Å². The molecule has 0 aliphatic rings. The molecule has 0 aromatic carbocycles. The molecule has 0 saturated carbocycles. The lowest BCUT2D eigenvalue weighted by molar-refractivity contribution is 0.197. The fourth-order valence-corrected chi connectivity index (χ4v) is 2.25. The molecule has 0 aliphatic heterocycles. The van der Waals surface area contributed by atoms with E-state index >= 15 is 0 Å². The van der Waals surface area contributed by atoms with E-state index in [9.17, 15) is 0 Å². The fourth-order valence-electron chi connectivity index (χ4n) is 2.25. The topological polar surface area (TPSA) is 22.1 Å². The summed E-state index contributed by atoms with van der Waals surface area (Å²) in [6, 6.07) is 3.96. The average Bonchev–Trinajstić information content (AvgIpc) is 2.60. The Kier molecular flexibility index (Phi) is 8.73. The smallest absolute Gasteiger partial charge is 0.130 e. The Labute approximate surface area is 151 Å². The molecule has 2 heteroatoms. The molecule has 0 amide bonds. The summed E-state index contributed by atoms with van der Waals surface area (Å²) in [5, 5.41) is 1.86. The van der Waals surface area contributed by atoms with Gasteiger partial charge in [-0.2, -0.15) is 0 Å². The summed E-state index contributed by atoms with van der Waals surface area (Å²) in [6.07, 6.45) is 15.1. The van der Waals surface area contributed by atoms with Crippen molar-refractivity contribution in [3.63, 3.8) is 0 Å². The van der Waals surface area contributed by atoms with E-state index in [1.54, 1.807) is 12.2 Å². The molecule has 1 rings (SSSR count). The first-order valence-corrected chi connectivity index (χ1v) is 8.24. The van der Waals surface area contributed by atoms with Gasteiger partial charge >= 0.3 is 0 Å². The van der Waals surface area contributed by atoms with Crippen LogP contribution in [0.3, 0.4) is 0 Å². The molecule has 0 bridgehead atoms. The molecule has 0 aliphatic carbocycles. The third-order valence-electron chi connectivity index (χ3n) is 3.49. The molecule has 2 nitrogen and oxygen atoms in total. The number of ether oxygens (including phenoxy) is 1. The normalized spacial score (nSPS) is 14.4. The number of pyridine rings is 1. The lowest BCUT2D eigenvalue weighted by Crippen LogP contribution is -2.28. The van der Waals surface area contributed by atoms with Crippen molar-refractivity contribution in [2.45, 2.75) is 27.4 Å². The first-order valence-electron chi connectivity index (χ1n) is 8.24. The molecule has 130 valence electrons. The molecule has 0 fully saturated rings. The van der Waals surface area contributed by atoms with E-state index in [1.165, 1.54) is 0 Å². The van der Waals surface area contributed by atoms with Gasteiger partial charge in [-0.25, -0.2) is 4.98 Å². The van der Waals surface area contributed by atoms with Crippen LogP contribution in [0.1, 0.15) is 26.5 Å². The van der Waals surface area contributed by atoms with Crippen molar-refractivity contribution in [1.82, 2.24) is 4.98 Å². The molecular weight excluding hydrogens is 306 g/mol. The first-order chi connectivity index (χ1) is 12.0. The van der Waals surface area contributed by atoms with Gasteiger partial charge in [0.1, 0.15) is 6.61 Å². The molecule has 1 aromatic rings. The van der Waals surface area contributed by atoms with E-state index in [2.05, 4.69) is 37.7 Å². The van der Waals surface area contributed by atoms with Crippen LogP contribution in [0, 0.1) is 0 Å². The Balaban J connectivity index is 3.01. The minimum Gasteiger partial charge on any atom is -0.492 e. The molecule has 0 saturated heterocycles. The zero-order valence-electron chi connectivity index (χ0n) is 15.5. The maximum absolute atomic E-state index is 5.84. The van der Waals surface area contributed by atoms with Crippen molar-refractivity contribution in [2.75, 3.05) is 0 Å². The maximum atomic E-state index is 5.84. The summed E-state index contributed by atoms with van der Waals surface area (Å²) in [5.74, 6) is 0.816. The third-order valence-corrected chi connectivity index (χ3v) is 3.49. The molecule has 1 heterocycles. The number of hydrogen-bond acceptors (Lipinski definition) is 2. The van der Waals surface area contributed by atoms with E-state index < -0.39 is 0 Å². The molecule has 0 unspecified atom stereocenters. The van der Waals surface area contributed by atoms with Crippen LogP contribution >= 0.6 is 0 Å². The van der Waals surface area contributed by atoms with Gasteiger partial charge in [0, 0.05) is 5.22 Å². The van der Waals surface area contributed by atoms with Crippen molar-refractivity contribution >= 4 is 12.2 Å². The largest absolute Gasteiger partial charge is 0.492 e. The second-order valence-electron chi connectivity index (χ2n) is 5.47. The van der Waals surface area contributed by atoms with Crippen molar-refractivity contribution in [1.29, 1.82) is 0 Å². The fraction of sp³-hybridized carbons (Fsp3) is 0.174. The minimum atomic E-state index is 0.405. The van der Waals surface area contributed by atoms with Crippen LogP contribution in [0.2, 0.25) is 0 Å². The number of nitrogens with zero attached hydrogens (tertiary/aromatic N) is 1. The van der Waals surface area contributed by atoms with Crippen LogP contribution in [0.15, 0.2) is 85.2 Å². The molecule has 0 atom stereocenters. The highest BCUT2D eigenvalue weighted by atomic mass is 16.5. The second-order valence-corrected chi connectivity index (χ2v) is 5.47. The second kappa shape index (κ2) is 10.8. The summed E-state index contributed by atoms with van der Waals surface area (Å²) in [7, 11) is 0. The highest BCUT2D eigenvalue weighted by Crippen LogP contribution is 2.12. The third kappa shape index (κ3) is 6.64. The minimum absolute atomic E-state index is 0.405. The highest BCUT2D eigenvalue weighted by molar-refractivity contribution is 5.41. The van der Waals surface area contributed by atoms with Gasteiger partial charge in [0.15, 0.2) is 0 Å². The lowest BCUT2D eigenvalue weighted by atomic mass is 10.1. The summed E-state index contributed by atoms with van der Waals surface area (Å²) in [4.78, 5) is 4.62. The van der Waals surface area contributed by atoms with Crippen LogP contribution in [0.4, 0.5) is 0 Å². The molecule has 0 radical (unpaired) electrons. The highest BCUT2D eigenvalue weighted by Gasteiger charge is 1.99. The van der Waals surface area contributed by atoms with Crippen LogP contribution < -0.4 is 10.6 Å². The molecular formula is C23H27NO. The summed E-state index contributed by atoms with van der Waals surface area (Å²) in [5.41, 5.74) is 3.04. The van der Waals surface area contributed by atoms with Gasteiger partial charge in [0.05, 0.1) is 16.8 Å². The zero-order valence-corrected chi connectivity index (χ0v) is 15.5. The van der Waals surface area contributed by atoms with Crippen molar-refractivity contribution in [2.24, 2.45) is 0 Å². The lowest BCUT2D eigenvalue weighted by Gasteiger charge is -2.07. The van der Waals surface area contributed by atoms with E-state index in [-0.39, 0.29) is 0 Å². The number of hydrogen-bond donors (Lipinski definition) is 0. The van der Waals surface area contributed by atoms with Crippen LogP contribution in [0.5, 0.6) is 0 Å². The zero-order chi connectivity index (χ0) is 18.7. The van der Waals surface area contributed by atoms with Gasteiger partial charge in [-0.3, -0.25) is 0 Å². The first kappa shape index (κ1) is 20.2. The summed E-state index contributed by atoms with van der Waals surface area (Å²) < 4.78 is 5.84. The van der Waals surface area contributed by atoms with Crippen LogP contribution in [-0.2, 0) is 11.3 Å². The maximum Gasteiger partial charge on any atom is 0.130 e. The number of aromatic nitrogens is 1. The Morgan fingerprint density at radius 2 is 1.84 bits per heavy atom. The predicted octanol–water partition coefficient (Wildman–Crippen LogP) is 4.51. The van der Waals surface area contributed by atoms with Gasteiger partial charge < -0.3 is 4.74 Å². The predicted molar refractivity (Wildman–Crippen MR) is 109 cm³/mol. The Hall–Kier alpha value is -2.87. The standard InChI is InChI=1S/C23H27NO/c1-7-11-18(5)20(10-4)16-19(6)25-17-22-15-14-21(12-8-2)23(24-22)13-9-3/h7-16H,2-4,17H2,1,5-6H3/b11-7-,19-16+,20-18+,21-12-,23-13+. The van der Waals surface area contributed by atoms with Crippen molar-refractivity contribution in [3.05, 3.63) is 101 Å².